The first-order chi connectivity index (χ1) is 49.4. The Bertz CT molecular complexity index is 3050. The van der Waals surface area contributed by atoms with Gasteiger partial charge in [0.25, 0.3) is 0 Å². The summed E-state index contributed by atoms with van der Waals surface area (Å²) < 4.78 is 72.8. The molecule has 18 unspecified atom stereocenters. The zero-order valence-corrected chi connectivity index (χ0v) is 60.1. The number of aliphatic hydroxyl groups is 16. The zero-order valence-electron chi connectivity index (χ0n) is 60.1. The van der Waals surface area contributed by atoms with Crippen LogP contribution in [0.4, 0.5) is 0 Å². The van der Waals surface area contributed by atoms with E-state index >= 15 is 4.79 Å². The quantitative estimate of drug-likeness (QED) is 0.0158. The average molecular weight is 1510 g/mol. The highest BCUT2D eigenvalue weighted by Gasteiger charge is 2.73. The van der Waals surface area contributed by atoms with Gasteiger partial charge in [0.2, 0.25) is 12.2 Å². The summed E-state index contributed by atoms with van der Waals surface area (Å²) in [5.41, 5.74) is 0.706. The highest BCUT2D eigenvalue weighted by molar-refractivity contribution is 5.80. The molecule has 38 atom stereocenters. The number of carboxylic acid groups (broad SMARTS) is 1. The maximum absolute atomic E-state index is 16.0. The number of aliphatic carboxylic acids is 1. The SMILES string of the molecule is C[C@H]1O[C@@H](OC2C(O)C(NC(=O)CCCCCN)[C@H](CO)O[C@H]2OC(=O)C23CCC(C)(C)CC2C2=CCC4C5(C)CC[C@H](OC6OC(C(=O)O)[C@H](O)[C@H](OC7OC[C@@H](O)[C@H](O)[C@@H]7O)[C@@H]6O[C@@H]6OC(CO)C(O)[C@@H](O)[C@@H]6O)[C@](C)(C=O)[C@@H]5CC[C@]4(C)[C@]2(C)C[C@@H]3O)C(O)C(O)C1O[C@@H]1OCC(O)C(O)C1O. The van der Waals surface area contributed by atoms with E-state index in [-0.39, 0.29) is 31.6 Å². The molecule has 6 heterocycles. The monoisotopic (exact) mass is 1510 g/mol. The highest BCUT2D eigenvalue weighted by atomic mass is 16.8. The second-order valence-electron chi connectivity index (χ2n) is 33.0. The van der Waals surface area contributed by atoms with Gasteiger partial charge in [-0.05, 0) is 124 Å². The Kier molecular flexibility index (Phi) is 25.2. The number of hydrogen-bond acceptors (Lipinski definition) is 33. The number of amides is 1. The van der Waals surface area contributed by atoms with Gasteiger partial charge in [0.1, 0.15) is 122 Å². The second kappa shape index (κ2) is 32.1. The number of esters is 1. The van der Waals surface area contributed by atoms with Gasteiger partial charge in [-0.15, -0.1) is 0 Å². The number of carbonyl (C=O) groups is 4. The van der Waals surface area contributed by atoms with Crippen molar-refractivity contribution in [3.05, 3.63) is 11.6 Å². The Morgan fingerprint density at radius 3 is 1.79 bits per heavy atom. The molecule has 35 nitrogen and oxygen atoms in total. The summed E-state index contributed by atoms with van der Waals surface area (Å²) >= 11 is 0. The van der Waals surface area contributed by atoms with Crippen molar-refractivity contribution in [3.63, 3.8) is 0 Å². The summed E-state index contributed by atoms with van der Waals surface area (Å²) in [5, 5.41) is 191. The van der Waals surface area contributed by atoms with E-state index in [2.05, 4.69) is 46.0 Å². The number of nitrogens with one attached hydrogen (secondary N) is 1. The first kappa shape index (κ1) is 82.7. The highest BCUT2D eigenvalue weighted by Crippen LogP contribution is 2.76. The van der Waals surface area contributed by atoms with Gasteiger partial charge >= 0.3 is 11.9 Å². The maximum Gasteiger partial charge on any atom is 0.335 e. The van der Waals surface area contributed by atoms with E-state index in [4.69, 9.17) is 62.6 Å². The van der Waals surface area contributed by atoms with Crippen LogP contribution < -0.4 is 11.1 Å². The van der Waals surface area contributed by atoms with Crippen LogP contribution in [0.2, 0.25) is 0 Å². The largest absolute Gasteiger partial charge is 0.479 e. The smallest absolute Gasteiger partial charge is 0.335 e. The van der Waals surface area contributed by atoms with Gasteiger partial charge in [-0.3, -0.25) is 9.59 Å². The Balaban J connectivity index is 0.875. The molecule has 105 heavy (non-hydrogen) atoms. The van der Waals surface area contributed by atoms with Crippen LogP contribution in [0.25, 0.3) is 0 Å². The minimum atomic E-state index is -2.23. The lowest BCUT2D eigenvalue weighted by Gasteiger charge is -2.71. The summed E-state index contributed by atoms with van der Waals surface area (Å²) in [6, 6.07) is -1.44. The number of nitrogens with two attached hydrogens (primary N) is 1. The number of aliphatic hydroxyl groups excluding tert-OH is 16. The first-order valence-corrected chi connectivity index (χ1v) is 36.9. The first-order valence-electron chi connectivity index (χ1n) is 36.9. The summed E-state index contributed by atoms with van der Waals surface area (Å²) in [6.45, 7) is 11.2. The number of unbranched alkanes of at least 4 members (excludes halogenated alkanes) is 2. The molecule has 0 spiro atoms. The summed E-state index contributed by atoms with van der Waals surface area (Å²) in [7, 11) is 0. The van der Waals surface area contributed by atoms with E-state index in [0.29, 0.717) is 64.3 Å². The maximum atomic E-state index is 16.0. The van der Waals surface area contributed by atoms with Crippen molar-refractivity contribution in [1.82, 2.24) is 5.32 Å². The zero-order chi connectivity index (χ0) is 76.7. The van der Waals surface area contributed by atoms with Gasteiger partial charge in [0, 0.05) is 6.42 Å². The van der Waals surface area contributed by atoms with Crippen LogP contribution in [0, 0.1) is 50.2 Å². The third-order valence-corrected chi connectivity index (χ3v) is 26.3. The van der Waals surface area contributed by atoms with Gasteiger partial charge in [-0.2, -0.15) is 0 Å². The molecule has 1 amide bonds. The number of carbonyl (C=O) groups excluding carboxylic acids is 3. The molecule has 20 N–H and O–H groups in total. The Hall–Kier alpha value is -3.30. The number of carboxylic acids is 1. The molecule has 6 aliphatic heterocycles. The van der Waals surface area contributed by atoms with E-state index in [1.807, 2.05) is 0 Å². The molecule has 0 aromatic heterocycles. The minimum Gasteiger partial charge on any atom is -0.479 e. The normalized spacial score (nSPS) is 51.3. The summed E-state index contributed by atoms with van der Waals surface area (Å²) in [6.07, 6.45) is -44.8. The van der Waals surface area contributed by atoms with Crippen LogP contribution in [-0.4, -0.2) is 328 Å². The summed E-state index contributed by atoms with van der Waals surface area (Å²) in [5.74, 6) is -4.69. The Morgan fingerprint density at radius 1 is 0.581 bits per heavy atom. The number of allylic oxidation sites excluding steroid dienone is 2. The van der Waals surface area contributed by atoms with Gasteiger partial charge in [0.15, 0.2) is 43.7 Å². The fourth-order valence-corrected chi connectivity index (χ4v) is 19.9. The van der Waals surface area contributed by atoms with E-state index in [1.54, 1.807) is 6.92 Å². The molecule has 6 saturated heterocycles. The van der Waals surface area contributed by atoms with Crippen molar-refractivity contribution in [2.75, 3.05) is 33.0 Å². The van der Waals surface area contributed by atoms with Crippen molar-refractivity contribution >= 4 is 24.1 Å². The average Bonchev–Trinajstić information content (AvgIpc) is 0.671. The Morgan fingerprint density at radius 2 is 1.17 bits per heavy atom. The lowest BCUT2D eigenvalue weighted by Crippen LogP contribution is -2.70. The number of rotatable bonds is 22. The lowest BCUT2D eigenvalue weighted by molar-refractivity contribution is -0.391. The lowest BCUT2D eigenvalue weighted by atomic mass is 9.33. The van der Waals surface area contributed by atoms with Crippen molar-refractivity contribution in [2.45, 2.75) is 316 Å². The fourth-order valence-electron chi connectivity index (χ4n) is 19.9. The summed E-state index contributed by atoms with van der Waals surface area (Å²) in [4.78, 5) is 56.8. The van der Waals surface area contributed by atoms with E-state index in [1.165, 1.54) is 6.92 Å². The van der Waals surface area contributed by atoms with Crippen LogP contribution in [0.15, 0.2) is 11.6 Å². The van der Waals surface area contributed by atoms with Crippen molar-refractivity contribution < 1.29 is 163 Å². The third kappa shape index (κ3) is 14.9. The molecule has 0 radical (unpaired) electrons. The van der Waals surface area contributed by atoms with Crippen molar-refractivity contribution in [2.24, 2.45) is 56.0 Å². The van der Waals surface area contributed by atoms with Crippen molar-refractivity contribution in [1.29, 1.82) is 0 Å². The molecule has 0 aromatic rings. The molecule has 10 fully saturated rings. The van der Waals surface area contributed by atoms with Crippen LogP contribution in [-0.2, 0) is 76.0 Å². The molecule has 11 aliphatic rings. The van der Waals surface area contributed by atoms with Gasteiger partial charge in [-0.25, -0.2) is 4.79 Å². The molecule has 35 heteroatoms. The predicted molar refractivity (Wildman–Crippen MR) is 350 cm³/mol. The van der Waals surface area contributed by atoms with Crippen LogP contribution in [0.3, 0.4) is 0 Å². The van der Waals surface area contributed by atoms with Gasteiger partial charge in [0.05, 0.1) is 56.2 Å². The minimum absolute atomic E-state index is 0.0129. The van der Waals surface area contributed by atoms with E-state index in [9.17, 15) is 101 Å². The van der Waals surface area contributed by atoms with Gasteiger partial charge < -0.3 is 159 Å². The predicted octanol–water partition coefficient (Wildman–Crippen LogP) is -5.20. The number of aldehydes is 1. The third-order valence-electron chi connectivity index (χ3n) is 26.3. The Labute approximate surface area is 607 Å². The van der Waals surface area contributed by atoms with Crippen LogP contribution in [0.5, 0.6) is 0 Å². The molecule has 11 rings (SSSR count). The number of hydrogen-bond donors (Lipinski definition) is 19. The topological polar surface area (TPSA) is 561 Å². The van der Waals surface area contributed by atoms with E-state index < -0.39 is 273 Å². The van der Waals surface area contributed by atoms with Crippen molar-refractivity contribution in [3.8, 4) is 0 Å². The molecule has 5 aliphatic carbocycles. The van der Waals surface area contributed by atoms with Crippen LogP contribution in [0.1, 0.15) is 132 Å². The molecule has 600 valence electrons. The number of ether oxygens (including phenoxy) is 12. The standard InChI is InChI=1S/C70H112N2O33/c1-28-52(100-58-47(86)41(80)31(76)25-94-58)46(85)50(89)60(96-28)103-55-44(83)40(72-39(79)11-9-8-10-20-71)33(23-73)97-62(55)105-64(93)70-19-18-65(2,3)21-30(70)29-12-13-36-66(4)16-15-38(67(5,27-75)35(66)14-17-68(36,6)69(29,7)22-37(70)78)99-63-56(104-61-49(88)45(84)43(82)34(24-74)98-61)53(51(90)54(102-63)57(91)92)101-59-48(87)42(81)32(77)26-95-59/h12,27-28,30-38,40-56,58-63,73-74,76-78,80-90H,8-11,13-26,71H2,1-7H3,(H,72,79)(H,91,92)/t28-,30?,31?,32-,33+,34?,35-,36?,37+,38+,40?,41?,42+,43?,44?,45-,46?,47?,48+,49+,50?,51-,52?,53+,54?,55?,56+,58+,59?,60+,61+,62+,63?,66?,67-,68+,69-,70?/m1/s1. The fraction of sp³-hybridized carbons (Fsp3) is 0.914. The number of fused-ring (bicyclic) bond motifs is 7. The molecule has 4 saturated carbocycles. The molecule has 0 bridgehead atoms. The second-order valence-corrected chi connectivity index (χ2v) is 33.0. The molecular weight excluding hydrogens is 1400 g/mol. The van der Waals surface area contributed by atoms with E-state index in [0.717, 1.165) is 11.9 Å². The molecular formula is C70H112N2O33. The molecule has 0 aromatic carbocycles. The van der Waals surface area contributed by atoms with Crippen LogP contribution >= 0.6 is 0 Å². The van der Waals surface area contributed by atoms with Gasteiger partial charge in [-0.1, -0.05) is 59.6 Å².